The van der Waals surface area contributed by atoms with Crippen molar-refractivity contribution in [2.75, 3.05) is 5.73 Å². The molecule has 10 heteroatoms. The van der Waals surface area contributed by atoms with Crippen LogP contribution in [0, 0.1) is 0 Å². The lowest BCUT2D eigenvalue weighted by molar-refractivity contribution is 0.0695. The molecule has 5 N–H and O–H groups in total. The van der Waals surface area contributed by atoms with Gasteiger partial charge in [0.05, 0.1) is 11.3 Å². The molecule has 2 aromatic heterocycles. The fourth-order valence-corrected chi connectivity index (χ4v) is 2.86. The minimum Gasteiger partial charge on any atom is -0.478 e. The zero-order valence-electron chi connectivity index (χ0n) is 12.9. The van der Waals surface area contributed by atoms with Gasteiger partial charge in [0, 0.05) is 29.2 Å². The monoisotopic (exact) mass is 374 g/mol. The lowest BCUT2D eigenvalue weighted by atomic mass is 9.95. The number of aromatic nitrogens is 3. The van der Waals surface area contributed by atoms with Crippen LogP contribution >= 0.6 is 11.6 Å². The van der Waals surface area contributed by atoms with Crippen molar-refractivity contribution in [1.82, 2.24) is 14.5 Å². The average Bonchev–Trinajstić information content (AvgIpc) is 3.07. The molecule has 0 atom stereocenters. The fourth-order valence-electron chi connectivity index (χ4n) is 2.60. The molecular formula is C16H11ClN4O5. The van der Waals surface area contributed by atoms with Crippen molar-refractivity contribution >= 4 is 29.4 Å². The highest BCUT2D eigenvalue weighted by molar-refractivity contribution is 6.34. The van der Waals surface area contributed by atoms with Crippen molar-refractivity contribution in [2.24, 2.45) is 0 Å². The fraction of sp³-hybridized carbons (Fsp3) is 0. The molecule has 0 aliphatic rings. The molecule has 0 fully saturated rings. The molecule has 132 valence electrons. The molecular weight excluding hydrogens is 364 g/mol. The number of aromatic carboxylic acids is 2. The smallest absolute Gasteiger partial charge is 0.342 e. The summed E-state index contributed by atoms with van der Waals surface area (Å²) in [5.74, 6) is -3.55. The molecule has 0 radical (unpaired) electrons. The lowest BCUT2D eigenvalue weighted by Crippen LogP contribution is -2.24. The number of halogens is 1. The number of carboxylic acids is 2. The number of imidazole rings is 1. The molecule has 0 unspecified atom stereocenters. The van der Waals surface area contributed by atoms with Gasteiger partial charge in [-0.15, -0.1) is 0 Å². The van der Waals surface area contributed by atoms with E-state index < -0.39 is 34.4 Å². The molecule has 3 rings (SSSR count). The SMILES string of the molecule is Nc1[nH]c(=O)c(C(=O)O)c(-c2ccc(-n3ccnc3)cc2Cl)c1C(=O)O. The highest BCUT2D eigenvalue weighted by atomic mass is 35.5. The van der Waals surface area contributed by atoms with Gasteiger partial charge >= 0.3 is 11.9 Å². The maximum absolute atomic E-state index is 12.1. The first kappa shape index (κ1) is 17.2. The Morgan fingerprint density at radius 3 is 2.42 bits per heavy atom. The van der Waals surface area contributed by atoms with Gasteiger partial charge in [-0.3, -0.25) is 4.79 Å². The Balaban J connectivity index is 2.34. The van der Waals surface area contributed by atoms with Crippen LogP contribution in [0.3, 0.4) is 0 Å². The molecule has 26 heavy (non-hydrogen) atoms. The van der Waals surface area contributed by atoms with Crippen molar-refractivity contribution in [3.05, 3.63) is 63.4 Å². The maximum atomic E-state index is 12.1. The van der Waals surface area contributed by atoms with E-state index in [0.717, 1.165) is 0 Å². The molecule has 2 heterocycles. The molecule has 3 aromatic rings. The van der Waals surface area contributed by atoms with E-state index in [4.69, 9.17) is 17.3 Å². The molecule has 9 nitrogen and oxygen atoms in total. The van der Waals surface area contributed by atoms with Crippen LogP contribution in [0.4, 0.5) is 5.82 Å². The number of nitrogens with zero attached hydrogens (tertiary/aromatic N) is 2. The van der Waals surface area contributed by atoms with Crippen LogP contribution in [0.5, 0.6) is 0 Å². The first-order valence-corrected chi connectivity index (χ1v) is 7.49. The predicted octanol–water partition coefficient (Wildman–Crippen LogP) is 1.86. The zero-order valence-corrected chi connectivity index (χ0v) is 13.7. The summed E-state index contributed by atoms with van der Waals surface area (Å²) in [5.41, 5.74) is 3.60. The third-order valence-electron chi connectivity index (χ3n) is 3.70. The van der Waals surface area contributed by atoms with Gasteiger partial charge in [0.25, 0.3) is 5.56 Å². The van der Waals surface area contributed by atoms with Crippen molar-refractivity contribution in [3.63, 3.8) is 0 Å². The summed E-state index contributed by atoms with van der Waals surface area (Å²) in [6.07, 6.45) is 4.76. The minimum atomic E-state index is -1.60. The summed E-state index contributed by atoms with van der Waals surface area (Å²) < 4.78 is 1.65. The van der Waals surface area contributed by atoms with Crippen LogP contribution in [0.1, 0.15) is 20.7 Å². The van der Waals surface area contributed by atoms with Crippen LogP contribution in [-0.2, 0) is 0 Å². The van der Waals surface area contributed by atoms with Crippen molar-refractivity contribution < 1.29 is 19.8 Å². The second kappa shape index (κ2) is 6.37. The van der Waals surface area contributed by atoms with Gasteiger partial charge in [-0.05, 0) is 12.1 Å². The summed E-state index contributed by atoms with van der Waals surface area (Å²) in [4.78, 5) is 41.2. The molecule has 0 saturated heterocycles. The molecule has 0 amide bonds. The molecule has 0 saturated carbocycles. The van der Waals surface area contributed by atoms with Gasteiger partial charge in [-0.25, -0.2) is 14.6 Å². The number of nitrogen functional groups attached to an aromatic ring is 1. The number of nitrogens with one attached hydrogen (secondary N) is 1. The van der Waals surface area contributed by atoms with Gasteiger partial charge in [0.2, 0.25) is 0 Å². The van der Waals surface area contributed by atoms with Crippen LogP contribution in [0.2, 0.25) is 5.02 Å². The first-order chi connectivity index (χ1) is 12.3. The van der Waals surface area contributed by atoms with E-state index in [9.17, 15) is 24.6 Å². The van der Waals surface area contributed by atoms with Gasteiger partial charge in [-0.1, -0.05) is 17.7 Å². The van der Waals surface area contributed by atoms with Crippen molar-refractivity contribution in [1.29, 1.82) is 0 Å². The van der Waals surface area contributed by atoms with Crippen molar-refractivity contribution in [2.45, 2.75) is 0 Å². The summed E-state index contributed by atoms with van der Waals surface area (Å²) in [7, 11) is 0. The lowest BCUT2D eigenvalue weighted by Gasteiger charge is -2.14. The molecule has 0 aliphatic heterocycles. The summed E-state index contributed by atoms with van der Waals surface area (Å²) in [5, 5.41) is 18.9. The van der Waals surface area contributed by atoms with E-state index in [1.54, 1.807) is 23.0 Å². The number of pyridine rings is 1. The average molecular weight is 375 g/mol. The molecule has 1 aromatic carbocycles. The Kier molecular flexibility index (Phi) is 4.23. The first-order valence-electron chi connectivity index (χ1n) is 7.12. The van der Waals surface area contributed by atoms with Crippen LogP contribution in [0.25, 0.3) is 16.8 Å². The van der Waals surface area contributed by atoms with Crippen LogP contribution in [-0.4, -0.2) is 36.7 Å². The number of anilines is 1. The number of H-pyrrole nitrogens is 1. The number of carboxylic acid groups (broad SMARTS) is 2. The number of hydrogen-bond donors (Lipinski definition) is 4. The Morgan fingerprint density at radius 1 is 1.19 bits per heavy atom. The second-order valence-electron chi connectivity index (χ2n) is 5.24. The third-order valence-corrected chi connectivity index (χ3v) is 4.01. The van der Waals surface area contributed by atoms with Crippen molar-refractivity contribution in [3.8, 4) is 16.8 Å². The highest BCUT2D eigenvalue weighted by Crippen LogP contribution is 2.35. The van der Waals surface area contributed by atoms with E-state index >= 15 is 0 Å². The minimum absolute atomic E-state index is 0.0474. The summed E-state index contributed by atoms with van der Waals surface area (Å²) in [6.45, 7) is 0. The summed E-state index contributed by atoms with van der Waals surface area (Å²) >= 11 is 6.27. The number of carbonyl (C=O) groups is 2. The van der Waals surface area contributed by atoms with Gasteiger partial charge in [-0.2, -0.15) is 0 Å². The molecule has 0 aliphatic carbocycles. The van der Waals surface area contributed by atoms with Crippen LogP contribution < -0.4 is 11.3 Å². The highest BCUT2D eigenvalue weighted by Gasteiger charge is 2.27. The number of aromatic amines is 1. The Morgan fingerprint density at radius 2 is 1.88 bits per heavy atom. The van der Waals surface area contributed by atoms with E-state index in [-0.39, 0.29) is 16.1 Å². The Labute approximate surface area is 150 Å². The van der Waals surface area contributed by atoms with Gasteiger partial charge < -0.3 is 25.5 Å². The third kappa shape index (κ3) is 2.80. The van der Waals surface area contributed by atoms with Gasteiger partial charge in [0.1, 0.15) is 16.9 Å². The van der Waals surface area contributed by atoms with E-state index in [1.165, 1.54) is 18.5 Å². The van der Waals surface area contributed by atoms with E-state index in [2.05, 4.69) is 4.98 Å². The Bertz CT molecular complexity index is 1090. The topological polar surface area (TPSA) is 151 Å². The number of benzene rings is 1. The Hall–Kier alpha value is -3.59. The molecule has 0 spiro atoms. The zero-order chi connectivity index (χ0) is 19.0. The standard InChI is InChI=1S/C16H11ClN4O5/c17-9-5-7(21-4-3-19-6-21)1-2-8(9)10-11(15(23)24)13(18)20-14(22)12(10)16(25)26/h1-6H,(H,23,24)(H,25,26)(H3,18,20,22). The van der Waals surface area contributed by atoms with E-state index in [0.29, 0.717) is 5.69 Å². The molecule has 0 bridgehead atoms. The number of rotatable bonds is 4. The second-order valence-corrected chi connectivity index (χ2v) is 5.64. The van der Waals surface area contributed by atoms with Crippen LogP contribution in [0.15, 0.2) is 41.7 Å². The maximum Gasteiger partial charge on any atom is 0.342 e. The normalized spacial score (nSPS) is 10.7. The number of hydrogen-bond acceptors (Lipinski definition) is 5. The largest absolute Gasteiger partial charge is 0.478 e. The number of nitrogens with two attached hydrogens (primary N) is 1. The predicted molar refractivity (Wildman–Crippen MR) is 93.0 cm³/mol. The van der Waals surface area contributed by atoms with Gasteiger partial charge in [0.15, 0.2) is 0 Å². The van der Waals surface area contributed by atoms with E-state index in [1.807, 2.05) is 4.98 Å². The quantitative estimate of drug-likeness (QED) is 0.543. The summed E-state index contributed by atoms with van der Waals surface area (Å²) in [6, 6.07) is 4.50.